The first-order valence-electron chi connectivity index (χ1n) is 5.18. The summed E-state index contributed by atoms with van der Waals surface area (Å²) in [4.78, 5) is 0. The molecule has 0 aliphatic rings. The van der Waals surface area contributed by atoms with E-state index in [9.17, 15) is 0 Å². The molecule has 86 valence electrons. The summed E-state index contributed by atoms with van der Waals surface area (Å²) in [6.45, 7) is 1.85. The molecule has 0 aliphatic carbocycles. The van der Waals surface area contributed by atoms with Crippen LogP contribution in [-0.4, -0.2) is 13.1 Å². The lowest BCUT2D eigenvalue weighted by Gasteiger charge is -2.14. The van der Waals surface area contributed by atoms with Crippen molar-refractivity contribution in [1.29, 1.82) is 0 Å². The molecule has 1 rings (SSSR count). The minimum Gasteiger partial charge on any atom is -0.316 e. The van der Waals surface area contributed by atoms with Crippen molar-refractivity contribution in [3.63, 3.8) is 0 Å². The molecule has 1 aromatic carbocycles. The smallest absolute Gasteiger partial charge is 0.0453 e. The first-order valence-corrected chi connectivity index (χ1v) is 5.93. The molecule has 3 heteroatoms. The first-order chi connectivity index (χ1) is 7.67. The van der Waals surface area contributed by atoms with E-state index in [1.54, 1.807) is 6.07 Å². The molecule has 0 fully saturated rings. The van der Waals surface area contributed by atoms with Crippen molar-refractivity contribution in [2.45, 2.75) is 25.8 Å². The monoisotopic (exact) mass is 255 g/mol. The van der Waals surface area contributed by atoms with Gasteiger partial charge in [-0.15, -0.1) is 11.8 Å². The van der Waals surface area contributed by atoms with Gasteiger partial charge in [-0.1, -0.05) is 29.3 Å². The molecule has 0 amide bonds. The molecule has 0 spiro atoms. The van der Waals surface area contributed by atoms with Gasteiger partial charge >= 0.3 is 0 Å². The van der Waals surface area contributed by atoms with E-state index in [-0.39, 0.29) is 0 Å². The van der Waals surface area contributed by atoms with Crippen LogP contribution in [0.1, 0.15) is 18.9 Å². The van der Waals surface area contributed by atoms with Crippen LogP contribution in [0.25, 0.3) is 0 Å². The van der Waals surface area contributed by atoms with E-state index in [4.69, 9.17) is 23.2 Å². The third-order valence-corrected chi connectivity index (χ3v) is 3.00. The fourth-order valence-corrected chi connectivity index (χ4v) is 1.94. The Morgan fingerprint density at radius 3 is 2.69 bits per heavy atom. The van der Waals surface area contributed by atoms with Crippen molar-refractivity contribution in [3.8, 4) is 11.8 Å². The average molecular weight is 256 g/mol. The highest BCUT2D eigenvalue weighted by Gasteiger charge is 2.08. The molecule has 0 saturated carbocycles. The van der Waals surface area contributed by atoms with E-state index in [0.717, 1.165) is 23.4 Å². The third kappa shape index (κ3) is 4.06. The molecule has 0 saturated heterocycles. The quantitative estimate of drug-likeness (QED) is 0.812. The molecular formula is C13H15Cl2N. The lowest BCUT2D eigenvalue weighted by molar-refractivity contribution is 0.573. The van der Waals surface area contributed by atoms with Crippen LogP contribution in [-0.2, 0) is 6.42 Å². The summed E-state index contributed by atoms with van der Waals surface area (Å²) in [6, 6.07) is 5.93. The molecule has 0 heterocycles. The number of hydrogen-bond donors (Lipinski definition) is 1. The highest BCUT2D eigenvalue weighted by Crippen LogP contribution is 2.22. The topological polar surface area (TPSA) is 12.0 Å². The normalized spacial score (nSPS) is 11.8. The van der Waals surface area contributed by atoms with Crippen molar-refractivity contribution in [2.75, 3.05) is 7.05 Å². The Labute approximate surface area is 107 Å². The lowest BCUT2D eigenvalue weighted by atomic mass is 10.0. The highest BCUT2D eigenvalue weighted by molar-refractivity contribution is 6.35. The van der Waals surface area contributed by atoms with Gasteiger partial charge in [0.05, 0.1) is 0 Å². The maximum absolute atomic E-state index is 6.12. The van der Waals surface area contributed by atoms with Gasteiger partial charge in [0, 0.05) is 22.5 Å². The molecule has 1 nitrogen and oxygen atoms in total. The Bertz CT molecular complexity index is 404. The van der Waals surface area contributed by atoms with Gasteiger partial charge in [-0.2, -0.15) is 0 Å². The number of rotatable bonds is 4. The molecule has 0 bridgehead atoms. The number of hydrogen-bond acceptors (Lipinski definition) is 1. The van der Waals surface area contributed by atoms with E-state index in [1.165, 1.54) is 0 Å². The summed E-state index contributed by atoms with van der Waals surface area (Å²) in [5, 5.41) is 4.62. The minimum atomic E-state index is 0.325. The highest BCUT2D eigenvalue weighted by atomic mass is 35.5. The maximum Gasteiger partial charge on any atom is 0.0453 e. The van der Waals surface area contributed by atoms with Crippen molar-refractivity contribution in [1.82, 2.24) is 5.32 Å². The van der Waals surface area contributed by atoms with Gasteiger partial charge in [0.1, 0.15) is 0 Å². The zero-order valence-corrected chi connectivity index (χ0v) is 11.0. The van der Waals surface area contributed by atoms with Crippen molar-refractivity contribution in [2.24, 2.45) is 0 Å². The number of likely N-dealkylation sites (N-methyl/N-ethyl adjacent to an activating group) is 1. The summed E-state index contributed by atoms with van der Waals surface area (Å²) in [5.41, 5.74) is 1.10. The molecule has 1 N–H and O–H groups in total. The van der Waals surface area contributed by atoms with Gasteiger partial charge in [-0.3, -0.25) is 0 Å². The SMILES string of the molecule is CC#CCC(Cc1ccc(Cl)cc1Cl)NC. The maximum atomic E-state index is 6.12. The van der Waals surface area contributed by atoms with Crippen molar-refractivity contribution < 1.29 is 0 Å². The molecule has 1 unspecified atom stereocenters. The fourth-order valence-electron chi connectivity index (χ4n) is 1.45. The number of halogens is 2. The molecular weight excluding hydrogens is 241 g/mol. The minimum absolute atomic E-state index is 0.325. The molecule has 1 atom stereocenters. The van der Waals surface area contributed by atoms with Crippen LogP contribution in [0.5, 0.6) is 0 Å². The largest absolute Gasteiger partial charge is 0.316 e. The predicted molar refractivity (Wildman–Crippen MR) is 71.1 cm³/mol. The van der Waals surface area contributed by atoms with Gasteiger partial charge in [-0.25, -0.2) is 0 Å². The van der Waals surface area contributed by atoms with Gasteiger partial charge in [0.2, 0.25) is 0 Å². The molecule has 0 radical (unpaired) electrons. The Morgan fingerprint density at radius 2 is 2.12 bits per heavy atom. The molecule has 1 aromatic rings. The third-order valence-electron chi connectivity index (χ3n) is 2.41. The zero-order chi connectivity index (χ0) is 12.0. The van der Waals surface area contributed by atoms with E-state index >= 15 is 0 Å². The van der Waals surface area contributed by atoms with Gasteiger partial charge in [0.25, 0.3) is 0 Å². The average Bonchev–Trinajstić information content (AvgIpc) is 2.27. The Hall–Kier alpha value is -0.680. The van der Waals surface area contributed by atoms with Gasteiger partial charge < -0.3 is 5.32 Å². The summed E-state index contributed by atoms with van der Waals surface area (Å²) in [5.74, 6) is 5.97. The number of benzene rings is 1. The second kappa shape index (κ2) is 6.81. The lowest BCUT2D eigenvalue weighted by Crippen LogP contribution is -2.27. The van der Waals surface area contributed by atoms with Crippen LogP contribution in [0.2, 0.25) is 10.0 Å². The molecule has 16 heavy (non-hydrogen) atoms. The van der Waals surface area contributed by atoms with Crippen LogP contribution in [0, 0.1) is 11.8 Å². The first kappa shape index (κ1) is 13.4. The standard InChI is InChI=1S/C13H15Cl2N/c1-3-4-5-12(16-2)8-10-6-7-11(14)9-13(10)15/h6-7,9,12,16H,5,8H2,1-2H3. The van der Waals surface area contributed by atoms with Crippen molar-refractivity contribution >= 4 is 23.2 Å². The Balaban J connectivity index is 2.72. The van der Waals surface area contributed by atoms with Crippen LogP contribution < -0.4 is 5.32 Å². The molecule has 0 aromatic heterocycles. The van der Waals surface area contributed by atoms with Crippen LogP contribution in [0.3, 0.4) is 0 Å². The second-order valence-electron chi connectivity index (χ2n) is 3.56. The Kier molecular flexibility index (Phi) is 5.69. The zero-order valence-electron chi connectivity index (χ0n) is 9.48. The summed E-state index contributed by atoms with van der Waals surface area (Å²) in [7, 11) is 1.94. The van der Waals surface area contributed by atoms with Crippen LogP contribution in [0.4, 0.5) is 0 Å². The predicted octanol–water partition coefficient (Wildman–Crippen LogP) is 3.54. The summed E-state index contributed by atoms with van der Waals surface area (Å²) in [6.07, 6.45) is 1.69. The summed E-state index contributed by atoms with van der Waals surface area (Å²) >= 11 is 12.0. The second-order valence-corrected chi connectivity index (χ2v) is 4.40. The fraction of sp³-hybridized carbons (Fsp3) is 0.385. The van der Waals surface area contributed by atoms with Crippen molar-refractivity contribution in [3.05, 3.63) is 33.8 Å². The van der Waals surface area contributed by atoms with Gasteiger partial charge in [0.15, 0.2) is 0 Å². The van der Waals surface area contributed by atoms with Crippen LogP contribution >= 0.6 is 23.2 Å². The van der Waals surface area contributed by atoms with Gasteiger partial charge in [-0.05, 0) is 38.1 Å². The number of nitrogens with one attached hydrogen (secondary N) is 1. The van der Waals surface area contributed by atoms with Crippen LogP contribution in [0.15, 0.2) is 18.2 Å². The molecule has 0 aliphatic heterocycles. The summed E-state index contributed by atoms with van der Waals surface area (Å²) < 4.78 is 0. The van der Waals surface area contributed by atoms with E-state index in [1.807, 2.05) is 26.1 Å². The van der Waals surface area contributed by atoms with E-state index in [2.05, 4.69) is 17.2 Å². The van der Waals surface area contributed by atoms with E-state index in [0.29, 0.717) is 11.1 Å². The van der Waals surface area contributed by atoms with E-state index < -0.39 is 0 Å². The Morgan fingerprint density at radius 1 is 1.38 bits per heavy atom.